The van der Waals surface area contributed by atoms with Gasteiger partial charge in [-0.05, 0) is 0 Å². The molecule has 0 radical (unpaired) electrons. The molecule has 4 heavy (non-hydrogen) atoms. The number of halogens is 1. The molecule has 0 spiro atoms. The van der Waals surface area contributed by atoms with E-state index < -0.39 is 14.2 Å². The molecule has 3 N–H and O–H groups in total. The Morgan fingerprint density at radius 3 is 1.75 bits per heavy atom. The Morgan fingerprint density at radius 2 is 1.75 bits per heavy atom. The number of hydrogen-bond acceptors (Lipinski definition) is 2. The summed E-state index contributed by atoms with van der Waals surface area (Å²) in [5, 5.41) is 0. The first-order chi connectivity index (χ1) is 1.41. The third-order valence-corrected chi connectivity index (χ3v) is 0. The Morgan fingerprint density at radius 1 is 1.75 bits per heavy atom. The molecule has 0 heterocycles. The molecule has 0 saturated heterocycles. The van der Waals surface area contributed by atoms with Crippen LogP contribution in [0, 0.1) is 0 Å². The number of hydrogen-bond donors (Lipinski definition) is 1. The van der Waals surface area contributed by atoms with Crippen molar-refractivity contribution in [3.63, 3.8) is 0 Å². The van der Waals surface area contributed by atoms with Gasteiger partial charge in [-0.2, -0.15) is 0 Å². The van der Waals surface area contributed by atoms with Gasteiger partial charge in [0, 0.05) is 0 Å². The van der Waals surface area contributed by atoms with Gasteiger partial charge >= 0.3 is 28.1 Å². The molecule has 0 aliphatic carbocycles. The molecule has 0 aromatic carbocycles. The normalized spacial score (nSPS) is 2.25. The van der Waals surface area contributed by atoms with Crippen molar-refractivity contribution in [1.29, 1.82) is 0 Å². The van der Waals surface area contributed by atoms with Crippen molar-refractivity contribution in [2.24, 2.45) is 0 Å². The van der Waals surface area contributed by atoms with Crippen molar-refractivity contribution in [2.75, 3.05) is 0 Å². The predicted molar refractivity (Wildman–Crippen MR) is 17.3 cm³/mol. The van der Waals surface area contributed by atoms with Gasteiger partial charge in [0.05, 0.1) is 0 Å². The van der Waals surface area contributed by atoms with Crippen LogP contribution in [0.5, 0.6) is 0 Å². The van der Waals surface area contributed by atoms with Gasteiger partial charge in [0.25, 0.3) is 0 Å². The second kappa shape index (κ2) is 9.54. The first-order valence-electron chi connectivity index (χ1n) is 0.454. The van der Waals surface area contributed by atoms with E-state index >= 15 is 0 Å². The average Bonchev–Trinajstić information content (AvgIpc) is 0.918. The minimum atomic E-state index is -1.03. The standard InChI is InChI=1S/Al.ClH.H3N.O/h;1H;1H3;/q+1;;;/p-1. The Hall–Kier alpha value is 0.582. The SMILES string of the molecule is N.[O]=[Al][Cl]. The van der Waals surface area contributed by atoms with E-state index in [0.29, 0.717) is 0 Å². The van der Waals surface area contributed by atoms with Crippen LogP contribution in [0.15, 0.2) is 0 Å². The molecule has 0 aliphatic heterocycles. The van der Waals surface area contributed by atoms with Crippen LogP contribution in [0.1, 0.15) is 0 Å². The third kappa shape index (κ3) is 19.1. The maximum atomic E-state index is 8.78. The van der Waals surface area contributed by atoms with Gasteiger partial charge in [-0.3, -0.25) is 0 Å². The molecule has 0 atom stereocenters. The molecule has 0 aromatic heterocycles. The van der Waals surface area contributed by atoms with Gasteiger partial charge in [0.2, 0.25) is 0 Å². The van der Waals surface area contributed by atoms with E-state index in [1.54, 1.807) is 0 Å². The van der Waals surface area contributed by atoms with Gasteiger partial charge in [-0.1, -0.05) is 0 Å². The molecular formula is H3AlClNO. The van der Waals surface area contributed by atoms with E-state index in [1.165, 1.54) is 0 Å². The molecule has 0 saturated carbocycles. The Labute approximate surface area is 34.9 Å². The summed E-state index contributed by atoms with van der Waals surface area (Å²) in [4.78, 5) is 0. The van der Waals surface area contributed by atoms with Crippen LogP contribution in [0.25, 0.3) is 0 Å². The van der Waals surface area contributed by atoms with Crippen LogP contribution in [0.2, 0.25) is 0 Å². The van der Waals surface area contributed by atoms with Gasteiger partial charge < -0.3 is 6.15 Å². The zero-order valence-electron chi connectivity index (χ0n) is 2.07. The van der Waals surface area contributed by atoms with Crippen LogP contribution in [0.3, 0.4) is 0 Å². The second-order valence-electron chi connectivity index (χ2n) is 0.0891. The minimum absolute atomic E-state index is 0. The molecular weight excluding hydrogens is 92.4 g/mol. The molecule has 0 unspecified atom stereocenters. The van der Waals surface area contributed by atoms with E-state index in [0.717, 1.165) is 0 Å². The molecule has 0 rings (SSSR count). The Kier molecular flexibility index (Phi) is 21.0. The van der Waals surface area contributed by atoms with Crippen molar-refractivity contribution in [3.05, 3.63) is 0 Å². The van der Waals surface area contributed by atoms with E-state index in [-0.39, 0.29) is 6.15 Å². The van der Waals surface area contributed by atoms with Crippen LogP contribution in [-0.2, 0) is 3.80 Å². The van der Waals surface area contributed by atoms with E-state index in [9.17, 15) is 0 Å². The van der Waals surface area contributed by atoms with E-state index in [2.05, 4.69) is 10.0 Å². The summed E-state index contributed by atoms with van der Waals surface area (Å²) in [6.45, 7) is 0. The quantitative estimate of drug-likeness (QED) is 0.442. The zero-order chi connectivity index (χ0) is 2.71. The van der Waals surface area contributed by atoms with Crippen molar-refractivity contribution in [3.8, 4) is 0 Å². The monoisotopic (exact) mass is 95.0 g/mol. The molecule has 0 amide bonds. The third-order valence-electron chi connectivity index (χ3n) is 0. The van der Waals surface area contributed by atoms with Crippen LogP contribution >= 0.6 is 10.0 Å². The molecule has 2 nitrogen and oxygen atoms in total. The van der Waals surface area contributed by atoms with Crippen LogP contribution in [0.4, 0.5) is 0 Å². The summed E-state index contributed by atoms with van der Waals surface area (Å²) in [6, 6.07) is 0. The summed E-state index contributed by atoms with van der Waals surface area (Å²) >= 11 is -1.03. The number of rotatable bonds is 0. The van der Waals surface area contributed by atoms with Crippen molar-refractivity contribution < 1.29 is 3.80 Å². The van der Waals surface area contributed by atoms with Crippen molar-refractivity contribution in [2.45, 2.75) is 0 Å². The summed E-state index contributed by atoms with van der Waals surface area (Å²) in [5.41, 5.74) is 0. The molecule has 0 bridgehead atoms. The fourth-order valence-corrected chi connectivity index (χ4v) is 0. The van der Waals surface area contributed by atoms with Crippen molar-refractivity contribution >= 4 is 24.3 Å². The maximum absolute atomic E-state index is 8.78. The summed E-state index contributed by atoms with van der Waals surface area (Å²) in [5.74, 6) is 0. The zero-order valence-corrected chi connectivity index (χ0v) is 3.98. The molecule has 4 heteroatoms. The fourth-order valence-electron chi connectivity index (χ4n) is 0. The fraction of sp³-hybridized carbons (Fsp3) is 0. The summed E-state index contributed by atoms with van der Waals surface area (Å²) in [7, 11) is 4.53. The molecule has 24 valence electrons. The first-order valence-corrected chi connectivity index (χ1v) is 2.67. The Bertz CT molecular complexity index is 15.5. The van der Waals surface area contributed by atoms with Crippen LogP contribution in [-0.4, -0.2) is 14.2 Å². The topological polar surface area (TPSA) is 52.1 Å². The Balaban J connectivity index is 0. The predicted octanol–water partition coefficient (Wildman–Crippen LogP) is 0.352. The molecule has 0 fully saturated rings. The van der Waals surface area contributed by atoms with E-state index in [1.807, 2.05) is 0 Å². The van der Waals surface area contributed by atoms with Gasteiger partial charge in [0.1, 0.15) is 0 Å². The second-order valence-corrected chi connectivity index (χ2v) is 0.802. The summed E-state index contributed by atoms with van der Waals surface area (Å²) in [6.07, 6.45) is 0. The first kappa shape index (κ1) is 8.82. The molecule has 0 aromatic rings. The summed E-state index contributed by atoms with van der Waals surface area (Å²) < 4.78 is 8.78. The van der Waals surface area contributed by atoms with Crippen LogP contribution < -0.4 is 6.15 Å². The van der Waals surface area contributed by atoms with E-state index in [4.69, 9.17) is 3.80 Å². The molecule has 0 aliphatic rings. The van der Waals surface area contributed by atoms with Gasteiger partial charge in [-0.25, -0.2) is 0 Å². The average molecular weight is 95.5 g/mol. The van der Waals surface area contributed by atoms with Gasteiger partial charge in [-0.15, -0.1) is 0 Å². The van der Waals surface area contributed by atoms with Gasteiger partial charge in [0.15, 0.2) is 0 Å². The van der Waals surface area contributed by atoms with Crippen molar-refractivity contribution in [1.82, 2.24) is 6.15 Å².